The SMILES string of the molecule is O=C(CCCN1C(=O)c2ccccc2C1=O)NCCNC(=O)COc1ccc(Cl)cc1. The Balaban J connectivity index is 1.27. The summed E-state index contributed by atoms with van der Waals surface area (Å²) in [5.74, 6) is -0.655. The molecule has 9 heteroatoms. The average molecular weight is 444 g/mol. The van der Waals surface area contributed by atoms with Gasteiger partial charge in [0.25, 0.3) is 17.7 Å². The van der Waals surface area contributed by atoms with Crippen molar-refractivity contribution in [1.82, 2.24) is 15.5 Å². The van der Waals surface area contributed by atoms with Gasteiger partial charge in [-0.15, -0.1) is 0 Å². The van der Waals surface area contributed by atoms with Gasteiger partial charge in [0.1, 0.15) is 5.75 Å². The molecule has 4 amide bonds. The van der Waals surface area contributed by atoms with Crippen molar-refractivity contribution in [3.8, 4) is 5.75 Å². The molecule has 0 atom stereocenters. The van der Waals surface area contributed by atoms with E-state index in [2.05, 4.69) is 10.6 Å². The number of benzene rings is 2. The molecule has 0 fully saturated rings. The Morgan fingerprint density at radius 2 is 1.45 bits per heavy atom. The zero-order valence-electron chi connectivity index (χ0n) is 16.7. The second-order valence-corrected chi connectivity index (χ2v) is 7.29. The Morgan fingerprint density at radius 3 is 2.06 bits per heavy atom. The predicted octanol–water partition coefficient (Wildman–Crippen LogP) is 2.03. The molecule has 1 aliphatic heterocycles. The first-order valence-electron chi connectivity index (χ1n) is 9.82. The van der Waals surface area contributed by atoms with Crippen LogP contribution in [0.5, 0.6) is 5.75 Å². The first-order valence-corrected chi connectivity index (χ1v) is 10.2. The van der Waals surface area contributed by atoms with Crippen LogP contribution < -0.4 is 15.4 Å². The van der Waals surface area contributed by atoms with Gasteiger partial charge in [0, 0.05) is 31.1 Å². The number of hydrogen-bond donors (Lipinski definition) is 2. The lowest BCUT2D eigenvalue weighted by Gasteiger charge is -2.13. The molecule has 2 aromatic rings. The molecule has 8 nitrogen and oxygen atoms in total. The molecule has 0 saturated heterocycles. The molecule has 0 unspecified atom stereocenters. The van der Waals surface area contributed by atoms with Gasteiger partial charge >= 0.3 is 0 Å². The van der Waals surface area contributed by atoms with E-state index >= 15 is 0 Å². The van der Waals surface area contributed by atoms with Crippen LogP contribution in [0.4, 0.5) is 0 Å². The number of imide groups is 1. The summed E-state index contributed by atoms with van der Waals surface area (Å²) in [6.45, 7) is 0.555. The number of carbonyl (C=O) groups excluding carboxylic acids is 4. The molecule has 31 heavy (non-hydrogen) atoms. The fraction of sp³-hybridized carbons (Fsp3) is 0.273. The van der Waals surface area contributed by atoms with Gasteiger partial charge in [-0.05, 0) is 42.8 Å². The standard InChI is InChI=1S/C22H22ClN3O5/c23-15-7-9-16(10-8-15)31-14-20(28)25-12-11-24-19(27)6-3-13-26-21(29)17-4-1-2-5-18(17)22(26)30/h1-2,4-5,7-10H,3,6,11-14H2,(H,24,27)(H,25,28). The van der Waals surface area contributed by atoms with Crippen LogP contribution in [0.1, 0.15) is 33.6 Å². The third-order valence-corrected chi connectivity index (χ3v) is 4.87. The van der Waals surface area contributed by atoms with Crippen molar-refractivity contribution in [2.45, 2.75) is 12.8 Å². The summed E-state index contributed by atoms with van der Waals surface area (Å²) >= 11 is 5.78. The van der Waals surface area contributed by atoms with Gasteiger partial charge in [0.15, 0.2) is 6.61 Å². The Morgan fingerprint density at radius 1 is 0.871 bits per heavy atom. The van der Waals surface area contributed by atoms with E-state index in [1.54, 1.807) is 48.5 Å². The smallest absolute Gasteiger partial charge is 0.261 e. The van der Waals surface area contributed by atoms with Crippen molar-refractivity contribution in [1.29, 1.82) is 0 Å². The maximum absolute atomic E-state index is 12.3. The maximum atomic E-state index is 12.3. The van der Waals surface area contributed by atoms with Gasteiger partial charge in [-0.3, -0.25) is 24.1 Å². The Bertz CT molecular complexity index is 942. The molecule has 0 bridgehead atoms. The summed E-state index contributed by atoms with van der Waals surface area (Å²) in [6.07, 6.45) is 0.527. The van der Waals surface area contributed by atoms with E-state index in [0.29, 0.717) is 28.3 Å². The topological polar surface area (TPSA) is 105 Å². The number of amides is 4. The van der Waals surface area contributed by atoms with Crippen LogP contribution in [-0.4, -0.2) is 54.8 Å². The van der Waals surface area contributed by atoms with Gasteiger partial charge < -0.3 is 15.4 Å². The first kappa shape index (κ1) is 22.3. The summed E-state index contributed by atoms with van der Waals surface area (Å²) in [7, 11) is 0. The summed E-state index contributed by atoms with van der Waals surface area (Å²) in [5.41, 5.74) is 0.792. The monoisotopic (exact) mass is 443 g/mol. The maximum Gasteiger partial charge on any atom is 0.261 e. The second-order valence-electron chi connectivity index (χ2n) is 6.85. The van der Waals surface area contributed by atoms with Crippen LogP contribution in [0, 0.1) is 0 Å². The minimum absolute atomic E-state index is 0.143. The summed E-state index contributed by atoms with van der Waals surface area (Å²) in [6, 6.07) is 13.3. The minimum Gasteiger partial charge on any atom is -0.484 e. The normalized spacial score (nSPS) is 12.5. The number of halogens is 1. The largest absolute Gasteiger partial charge is 0.484 e. The number of nitrogens with zero attached hydrogens (tertiary/aromatic N) is 1. The summed E-state index contributed by atoms with van der Waals surface area (Å²) in [5, 5.41) is 5.91. The van der Waals surface area contributed by atoms with Crippen LogP contribution in [0.3, 0.4) is 0 Å². The van der Waals surface area contributed by atoms with Crippen molar-refractivity contribution in [2.75, 3.05) is 26.2 Å². The molecule has 3 rings (SSSR count). The molecule has 1 heterocycles. The highest BCUT2D eigenvalue weighted by Gasteiger charge is 2.34. The van der Waals surface area contributed by atoms with Crippen LogP contribution in [-0.2, 0) is 9.59 Å². The van der Waals surface area contributed by atoms with Crippen molar-refractivity contribution in [3.05, 3.63) is 64.7 Å². The summed E-state index contributed by atoms with van der Waals surface area (Å²) < 4.78 is 5.33. The molecule has 1 aliphatic rings. The highest BCUT2D eigenvalue weighted by Crippen LogP contribution is 2.22. The van der Waals surface area contributed by atoms with E-state index in [4.69, 9.17) is 16.3 Å². The lowest BCUT2D eigenvalue weighted by atomic mass is 10.1. The average Bonchev–Trinajstić information content (AvgIpc) is 3.01. The van der Waals surface area contributed by atoms with Gasteiger partial charge in [-0.25, -0.2) is 0 Å². The minimum atomic E-state index is -0.329. The molecule has 0 spiro atoms. The Labute approximate surface area is 184 Å². The number of fused-ring (bicyclic) bond motifs is 1. The molecule has 0 radical (unpaired) electrons. The van der Waals surface area contributed by atoms with E-state index in [9.17, 15) is 19.2 Å². The van der Waals surface area contributed by atoms with Crippen LogP contribution in [0.25, 0.3) is 0 Å². The van der Waals surface area contributed by atoms with Crippen molar-refractivity contribution >= 4 is 35.2 Å². The quantitative estimate of drug-likeness (QED) is 0.432. The highest BCUT2D eigenvalue weighted by atomic mass is 35.5. The van der Waals surface area contributed by atoms with Crippen molar-refractivity contribution < 1.29 is 23.9 Å². The number of nitrogens with one attached hydrogen (secondary N) is 2. The fourth-order valence-corrected chi connectivity index (χ4v) is 3.19. The van der Waals surface area contributed by atoms with E-state index in [-0.39, 0.29) is 56.3 Å². The predicted molar refractivity (Wildman–Crippen MR) is 114 cm³/mol. The van der Waals surface area contributed by atoms with Gasteiger partial charge in [0.2, 0.25) is 5.91 Å². The van der Waals surface area contributed by atoms with E-state index in [1.807, 2.05) is 0 Å². The molecular formula is C22H22ClN3O5. The van der Waals surface area contributed by atoms with Crippen molar-refractivity contribution in [2.24, 2.45) is 0 Å². The number of ether oxygens (including phenoxy) is 1. The van der Waals surface area contributed by atoms with Crippen molar-refractivity contribution in [3.63, 3.8) is 0 Å². The molecule has 162 valence electrons. The van der Waals surface area contributed by atoms with Crippen LogP contribution in [0.2, 0.25) is 5.02 Å². The van der Waals surface area contributed by atoms with Crippen LogP contribution in [0.15, 0.2) is 48.5 Å². The molecule has 0 aliphatic carbocycles. The Hall–Kier alpha value is -3.39. The highest BCUT2D eigenvalue weighted by molar-refractivity contribution is 6.30. The van der Waals surface area contributed by atoms with Crippen LogP contribution >= 0.6 is 11.6 Å². The molecule has 2 aromatic carbocycles. The Kier molecular flexibility index (Phi) is 7.61. The number of carbonyl (C=O) groups is 4. The lowest BCUT2D eigenvalue weighted by molar-refractivity contribution is -0.124. The molecule has 2 N–H and O–H groups in total. The number of rotatable bonds is 10. The van der Waals surface area contributed by atoms with E-state index < -0.39 is 0 Å². The molecule has 0 saturated carbocycles. The second kappa shape index (κ2) is 10.6. The first-order chi connectivity index (χ1) is 15.0. The third kappa shape index (κ3) is 6.05. The molecule has 0 aromatic heterocycles. The van der Waals surface area contributed by atoms with Gasteiger partial charge in [0.05, 0.1) is 11.1 Å². The van der Waals surface area contributed by atoms with E-state index in [1.165, 1.54) is 4.90 Å². The summed E-state index contributed by atoms with van der Waals surface area (Å²) in [4.78, 5) is 49.4. The zero-order valence-corrected chi connectivity index (χ0v) is 17.5. The fourth-order valence-electron chi connectivity index (χ4n) is 3.06. The van der Waals surface area contributed by atoms with Gasteiger partial charge in [-0.2, -0.15) is 0 Å². The third-order valence-electron chi connectivity index (χ3n) is 4.62. The van der Waals surface area contributed by atoms with Gasteiger partial charge in [-0.1, -0.05) is 23.7 Å². The molecular weight excluding hydrogens is 422 g/mol. The zero-order chi connectivity index (χ0) is 22.2. The lowest BCUT2D eigenvalue weighted by Crippen LogP contribution is -2.37. The van der Waals surface area contributed by atoms with E-state index in [0.717, 1.165) is 0 Å². The number of hydrogen-bond acceptors (Lipinski definition) is 5.